The van der Waals surface area contributed by atoms with Gasteiger partial charge in [0.15, 0.2) is 0 Å². The number of nitrogens with zero attached hydrogens (tertiary/aromatic N) is 2. The average molecular weight is 267 g/mol. The van der Waals surface area contributed by atoms with Crippen molar-refractivity contribution in [3.05, 3.63) is 0 Å². The molecule has 0 aromatic heterocycles. The van der Waals surface area contributed by atoms with E-state index in [-0.39, 0.29) is 0 Å². The SMILES string of the molecule is CC(CNC1CCCCC1)N1CCN(C)C(C)(C)C1. The van der Waals surface area contributed by atoms with Gasteiger partial charge in [-0.05, 0) is 40.7 Å². The molecule has 0 spiro atoms. The number of likely N-dealkylation sites (N-methyl/N-ethyl adjacent to an activating group) is 1. The van der Waals surface area contributed by atoms with Crippen molar-refractivity contribution < 1.29 is 0 Å². The Bertz CT molecular complexity index is 271. The minimum atomic E-state index is 0.317. The lowest BCUT2D eigenvalue weighted by atomic mass is 9.95. The molecule has 1 N–H and O–H groups in total. The van der Waals surface area contributed by atoms with Crippen LogP contribution in [0.25, 0.3) is 0 Å². The molecule has 0 aromatic carbocycles. The molecule has 0 aromatic rings. The Balaban J connectivity index is 1.75. The summed E-state index contributed by atoms with van der Waals surface area (Å²) in [6.45, 7) is 11.9. The predicted octanol–water partition coefficient (Wildman–Crippen LogP) is 2.32. The third-order valence-corrected chi connectivity index (χ3v) is 5.28. The summed E-state index contributed by atoms with van der Waals surface area (Å²) in [6, 6.07) is 1.45. The van der Waals surface area contributed by atoms with Gasteiger partial charge in [-0.3, -0.25) is 9.80 Å². The second-order valence-corrected chi connectivity index (χ2v) is 7.30. The van der Waals surface area contributed by atoms with Crippen LogP contribution >= 0.6 is 0 Å². The van der Waals surface area contributed by atoms with Crippen molar-refractivity contribution in [1.82, 2.24) is 15.1 Å². The van der Waals surface area contributed by atoms with E-state index in [1.54, 1.807) is 0 Å². The molecule has 0 amide bonds. The molecule has 1 aliphatic carbocycles. The van der Waals surface area contributed by atoms with Gasteiger partial charge < -0.3 is 5.32 Å². The Labute approximate surface area is 119 Å². The summed E-state index contributed by atoms with van der Waals surface area (Å²) in [5.74, 6) is 0. The third-order valence-electron chi connectivity index (χ3n) is 5.28. The van der Waals surface area contributed by atoms with Gasteiger partial charge in [0.2, 0.25) is 0 Å². The van der Waals surface area contributed by atoms with Gasteiger partial charge in [-0.15, -0.1) is 0 Å². The summed E-state index contributed by atoms with van der Waals surface area (Å²) in [5, 5.41) is 3.80. The molecule has 2 aliphatic rings. The maximum absolute atomic E-state index is 3.80. The topological polar surface area (TPSA) is 18.5 Å². The Morgan fingerprint density at radius 1 is 1.16 bits per heavy atom. The van der Waals surface area contributed by atoms with E-state index in [4.69, 9.17) is 0 Å². The second-order valence-electron chi connectivity index (χ2n) is 7.30. The van der Waals surface area contributed by atoms with Crippen LogP contribution in [0.3, 0.4) is 0 Å². The fraction of sp³-hybridized carbons (Fsp3) is 1.00. The van der Waals surface area contributed by atoms with Crippen molar-refractivity contribution in [2.45, 2.75) is 70.5 Å². The van der Waals surface area contributed by atoms with Crippen LogP contribution in [-0.2, 0) is 0 Å². The molecule has 0 radical (unpaired) electrons. The first kappa shape index (κ1) is 15.3. The molecule has 2 rings (SSSR count). The van der Waals surface area contributed by atoms with Crippen LogP contribution in [0.5, 0.6) is 0 Å². The summed E-state index contributed by atoms with van der Waals surface area (Å²) in [6.07, 6.45) is 7.07. The van der Waals surface area contributed by atoms with E-state index in [0.29, 0.717) is 11.6 Å². The van der Waals surface area contributed by atoms with Gasteiger partial charge in [0.25, 0.3) is 0 Å². The summed E-state index contributed by atoms with van der Waals surface area (Å²) in [5.41, 5.74) is 0.317. The van der Waals surface area contributed by atoms with E-state index < -0.39 is 0 Å². The van der Waals surface area contributed by atoms with Crippen molar-refractivity contribution in [3.8, 4) is 0 Å². The lowest BCUT2D eigenvalue weighted by Crippen LogP contribution is -2.60. The smallest absolute Gasteiger partial charge is 0.0277 e. The van der Waals surface area contributed by atoms with E-state index >= 15 is 0 Å². The summed E-state index contributed by atoms with van der Waals surface area (Å²) >= 11 is 0. The quantitative estimate of drug-likeness (QED) is 0.843. The maximum atomic E-state index is 3.80. The standard InChI is InChI=1S/C16H33N3/c1-14(12-17-15-8-6-5-7-9-15)19-11-10-18(4)16(2,3)13-19/h14-15,17H,5-13H2,1-4H3. The highest BCUT2D eigenvalue weighted by molar-refractivity contribution is 4.90. The van der Waals surface area contributed by atoms with Crippen LogP contribution < -0.4 is 5.32 Å². The zero-order chi connectivity index (χ0) is 13.9. The fourth-order valence-corrected chi connectivity index (χ4v) is 3.43. The first-order valence-corrected chi connectivity index (χ1v) is 8.18. The van der Waals surface area contributed by atoms with Crippen LogP contribution in [0.15, 0.2) is 0 Å². The van der Waals surface area contributed by atoms with E-state index in [1.807, 2.05) is 0 Å². The Kier molecular flexibility index (Phi) is 5.27. The minimum Gasteiger partial charge on any atom is -0.312 e. The van der Waals surface area contributed by atoms with E-state index in [9.17, 15) is 0 Å². The van der Waals surface area contributed by atoms with Crippen LogP contribution in [0.4, 0.5) is 0 Å². The van der Waals surface area contributed by atoms with Crippen molar-refractivity contribution in [2.24, 2.45) is 0 Å². The zero-order valence-electron chi connectivity index (χ0n) is 13.4. The van der Waals surface area contributed by atoms with Crippen LogP contribution in [0, 0.1) is 0 Å². The molecule has 1 atom stereocenters. The van der Waals surface area contributed by atoms with E-state index in [1.165, 1.54) is 51.7 Å². The van der Waals surface area contributed by atoms with Crippen molar-refractivity contribution in [1.29, 1.82) is 0 Å². The summed E-state index contributed by atoms with van der Waals surface area (Å²) in [7, 11) is 2.25. The molecule has 1 heterocycles. The first-order chi connectivity index (χ1) is 8.99. The van der Waals surface area contributed by atoms with Crippen LogP contribution in [0.1, 0.15) is 52.9 Å². The predicted molar refractivity (Wildman–Crippen MR) is 82.6 cm³/mol. The van der Waals surface area contributed by atoms with Crippen molar-refractivity contribution in [3.63, 3.8) is 0 Å². The van der Waals surface area contributed by atoms with Crippen LogP contribution in [-0.4, -0.2) is 60.6 Å². The molecule has 1 aliphatic heterocycles. The second kappa shape index (κ2) is 6.55. The van der Waals surface area contributed by atoms with Crippen LogP contribution in [0.2, 0.25) is 0 Å². The van der Waals surface area contributed by atoms with Gasteiger partial charge in [0.1, 0.15) is 0 Å². The molecule has 112 valence electrons. The highest BCUT2D eigenvalue weighted by Gasteiger charge is 2.32. The highest BCUT2D eigenvalue weighted by atomic mass is 15.3. The average Bonchev–Trinajstić information content (AvgIpc) is 2.40. The van der Waals surface area contributed by atoms with Gasteiger partial charge >= 0.3 is 0 Å². The number of piperazine rings is 1. The maximum Gasteiger partial charge on any atom is 0.0277 e. The van der Waals surface area contributed by atoms with Crippen molar-refractivity contribution >= 4 is 0 Å². The number of nitrogens with one attached hydrogen (secondary N) is 1. The molecule has 1 saturated carbocycles. The Morgan fingerprint density at radius 3 is 2.47 bits per heavy atom. The van der Waals surface area contributed by atoms with Gasteiger partial charge in [-0.25, -0.2) is 0 Å². The third kappa shape index (κ3) is 4.17. The number of hydrogen-bond donors (Lipinski definition) is 1. The molecule has 19 heavy (non-hydrogen) atoms. The first-order valence-electron chi connectivity index (χ1n) is 8.18. The number of hydrogen-bond acceptors (Lipinski definition) is 3. The largest absolute Gasteiger partial charge is 0.312 e. The van der Waals surface area contributed by atoms with Gasteiger partial charge in [0, 0.05) is 43.8 Å². The monoisotopic (exact) mass is 267 g/mol. The Morgan fingerprint density at radius 2 is 1.84 bits per heavy atom. The fourth-order valence-electron chi connectivity index (χ4n) is 3.43. The van der Waals surface area contributed by atoms with Gasteiger partial charge in [0.05, 0.1) is 0 Å². The van der Waals surface area contributed by atoms with E-state index in [0.717, 1.165) is 12.6 Å². The molecule has 0 bridgehead atoms. The molecule has 1 unspecified atom stereocenters. The minimum absolute atomic E-state index is 0.317. The number of rotatable bonds is 4. The summed E-state index contributed by atoms with van der Waals surface area (Å²) < 4.78 is 0. The molecule has 2 fully saturated rings. The van der Waals surface area contributed by atoms with E-state index in [2.05, 4.69) is 42.9 Å². The lowest BCUT2D eigenvalue weighted by Gasteiger charge is -2.47. The molecule has 3 nitrogen and oxygen atoms in total. The highest BCUT2D eigenvalue weighted by Crippen LogP contribution is 2.21. The molecular weight excluding hydrogens is 234 g/mol. The van der Waals surface area contributed by atoms with Crippen molar-refractivity contribution in [2.75, 3.05) is 33.2 Å². The molecule has 1 saturated heterocycles. The zero-order valence-corrected chi connectivity index (χ0v) is 13.4. The Hall–Kier alpha value is -0.120. The summed E-state index contributed by atoms with van der Waals surface area (Å²) in [4.78, 5) is 5.15. The molecule has 3 heteroatoms. The van der Waals surface area contributed by atoms with Gasteiger partial charge in [-0.2, -0.15) is 0 Å². The molecular formula is C16H33N3. The normalized spacial score (nSPS) is 28.4. The lowest BCUT2D eigenvalue weighted by molar-refractivity contribution is 0.0200. The van der Waals surface area contributed by atoms with Gasteiger partial charge in [-0.1, -0.05) is 19.3 Å².